The molecule has 1 aliphatic carbocycles. The van der Waals surface area contributed by atoms with Crippen molar-refractivity contribution in [3.63, 3.8) is 0 Å². The van der Waals surface area contributed by atoms with Gasteiger partial charge in [0.25, 0.3) is 0 Å². The molecule has 84 valence electrons. The summed E-state index contributed by atoms with van der Waals surface area (Å²) in [6, 6.07) is 0. The molecule has 0 atom stereocenters. The largest absolute Gasteiger partial charge is 0.396 e. The van der Waals surface area contributed by atoms with Gasteiger partial charge in [0.2, 0.25) is 0 Å². The van der Waals surface area contributed by atoms with Gasteiger partial charge < -0.3 is 10.4 Å². The average Bonchev–Trinajstić information content (AvgIpc) is 2.95. The molecule has 1 heterocycles. The molecular formula is C10H18N4O. The molecule has 0 aromatic carbocycles. The molecule has 5 heteroatoms. The van der Waals surface area contributed by atoms with E-state index in [1.165, 1.54) is 12.8 Å². The summed E-state index contributed by atoms with van der Waals surface area (Å²) in [6.07, 6.45) is 5.42. The zero-order chi connectivity index (χ0) is 10.5. The molecule has 2 N–H and O–H groups in total. The molecule has 1 saturated carbocycles. The number of nitrogens with zero attached hydrogens (tertiary/aromatic N) is 3. The van der Waals surface area contributed by atoms with E-state index in [9.17, 15) is 0 Å². The summed E-state index contributed by atoms with van der Waals surface area (Å²) in [4.78, 5) is 0. The summed E-state index contributed by atoms with van der Waals surface area (Å²) < 4.78 is 1.78. The zero-order valence-electron chi connectivity index (χ0n) is 8.89. The van der Waals surface area contributed by atoms with Crippen molar-refractivity contribution in [2.24, 2.45) is 5.92 Å². The van der Waals surface area contributed by atoms with Crippen molar-refractivity contribution in [1.82, 2.24) is 20.3 Å². The Morgan fingerprint density at radius 1 is 1.53 bits per heavy atom. The molecular weight excluding hydrogens is 192 g/mol. The van der Waals surface area contributed by atoms with Crippen molar-refractivity contribution >= 4 is 0 Å². The number of rotatable bonds is 7. The van der Waals surface area contributed by atoms with Crippen LogP contribution in [0.25, 0.3) is 0 Å². The minimum absolute atomic E-state index is 0.203. The van der Waals surface area contributed by atoms with Crippen molar-refractivity contribution < 1.29 is 5.11 Å². The molecule has 0 amide bonds. The highest BCUT2D eigenvalue weighted by Gasteiger charge is 2.20. The number of hydrogen-bond donors (Lipinski definition) is 2. The molecule has 15 heavy (non-hydrogen) atoms. The Bertz CT molecular complexity index is 295. The third-order valence-electron chi connectivity index (χ3n) is 2.57. The highest BCUT2D eigenvalue weighted by Crippen LogP contribution is 2.27. The molecule has 1 aliphatic rings. The molecule has 0 unspecified atom stereocenters. The lowest BCUT2D eigenvalue weighted by Crippen LogP contribution is -2.16. The van der Waals surface area contributed by atoms with Gasteiger partial charge in [0, 0.05) is 25.9 Å². The van der Waals surface area contributed by atoms with Crippen molar-refractivity contribution in [1.29, 1.82) is 0 Å². The van der Waals surface area contributed by atoms with Gasteiger partial charge in [-0.1, -0.05) is 5.21 Å². The monoisotopic (exact) mass is 210 g/mol. The van der Waals surface area contributed by atoms with E-state index in [1.807, 2.05) is 6.20 Å². The summed E-state index contributed by atoms with van der Waals surface area (Å²) in [6.45, 7) is 2.85. The predicted molar refractivity (Wildman–Crippen MR) is 56.2 cm³/mol. The maximum absolute atomic E-state index is 8.67. The minimum Gasteiger partial charge on any atom is -0.396 e. The van der Waals surface area contributed by atoms with Gasteiger partial charge in [0.15, 0.2) is 0 Å². The Balaban J connectivity index is 1.68. The topological polar surface area (TPSA) is 63.0 Å². The highest BCUT2D eigenvalue weighted by atomic mass is 16.3. The van der Waals surface area contributed by atoms with Gasteiger partial charge in [-0.2, -0.15) is 0 Å². The van der Waals surface area contributed by atoms with E-state index in [2.05, 4.69) is 15.6 Å². The molecule has 1 aromatic rings. The van der Waals surface area contributed by atoms with Crippen LogP contribution in [0.15, 0.2) is 6.20 Å². The Morgan fingerprint density at radius 3 is 3.13 bits per heavy atom. The Morgan fingerprint density at radius 2 is 2.40 bits per heavy atom. The van der Waals surface area contributed by atoms with Crippen molar-refractivity contribution in [3.05, 3.63) is 11.9 Å². The Labute approximate surface area is 89.5 Å². The van der Waals surface area contributed by atoms with Crippen LogP contribution in [0.4, 0.5) is 0 Å². The lowest BCUT2D eigenvalue weighted by molar-refractivity contribution is 0.276. The number of aryl methyl sites for hydroxylation is 1. The van der Waals surface area contributed by atoms with Crippen LogP contribution in [0.3, 0.4) is 0 Å². The molecule has 0 aliphatic heterocycles. The number of hydrogen-bond acceptors (Lipinski definition) is 4. The minimum atomic E-state index is 0.203. The number of nitrogens with one attached hydrogen (secondary N) is 1. The van der Waals surface area contributed by atoms with Crippen molar-refractivity contribution in [2.45, 2.75) is 32.4 Å². The molecule has 0 saturated heterocycles. The lowest BCUT2D eigenvalue weighted by atomic mass is 10.4. The standard InChI is InChI=1S/C10H18N4O/c15-5-1-4-14-8-10(12-13-14)7-11-6-9-2-3-9/h8-9,11,15H,1-7H2. The van der Waals surface area contributed by atoms with E-state index in [0.29, 0.717) is 0 Å². The smallest absolute Gasteiger partial charge is 0.0964 e. The van der Waals surface area contributed by atoms with Crippen LogP contribution in [-0.4, -0.2) is 33.3 Å². The molecule has 0 bridgehead atoms. The highest BCUT2D eigenvalue weighted by molar-refractivity contribution is 4.92. The molecule has 5 nitrogen and oxygen atoms in total. The van der Waals surface area contributed by atoms with Crippen LogP contribution >= 0.6 is 0 Å². The average molecular weight is 210 g/mol. The number of aromatic nitrogens is 3. The summed E-state index contributed by atoms with van der Waals surface area (Å²) in [5, 5.41) is 20.1. The molecule has 2 rings (SSSR count). The van der Waals surface area contributed by atoms with Crippen molar-refractivity contribution in [3.8, 4) is 0 Å². The van der Waals surface area contributed by atoms with Crippen LogP contribution in [0.5, 0.6) is 0 Å². The summed E-state index contributed by atoms with van der Waals surface area (Å²) >= 11 is 0. The number of aliphatic hydroxyl groups excluding tert-OH is 1. The third kappa shape index (κ3) is 3.60. The van der Waals surface area contributed by atoms with E-state index >= 15 is 0 Å². The van der Waals surface area contributed by atoms with Gasteiger partial charge in [-0.05, 0) is 31.7 Å². The summed E-state index contributed by atoms with van der Waals surface area (Å²) in [7, 11) is 0. The van der Waals surface area contributed by atoms with E-state index in [1.54, 1.807) is 4.68 Å². The van der Waals surface area contributed by atoms with Gasteiger partial charge in [0.05, 0.1) is 5.69 Å². The third-order valence-corrected chi connectivity index (χ3v) is 2.57. The fourth-order valence-electron chi connectivity index (χ4n) is 1.49. The van der Waals surface area contributed by atoms with Gasteiger partial charge in [-0.15, -0.1) is 5.10 Å². The zero-order valence-corrected chi connectivity index (χ0v) is 8.89. The first kappa shape index (κ1) is 10.6. The quantitative estimate of drug-likeness (QED) is 0.673. The van der Waals surface area contributed by atoms with Crippen LogP contribution in [0, 0.1) is 5.92 Å². The van der Waals surface area contributed by atoms with Crippen LogP contribution in [0.2, 0.25) is 0 Å². The van der Waals surface area contributed by atoms with Gasteiger partial charge in [-0.25, -0.2) is 0 Å². The summed E-state index contributed by atoms with van der Waals surface area (Å²) in [5.74, 6) is 0.898. The second-order valence-electron chi connectivity index (χ2n) is 4.12. The summed E-state index contributed by atoms with van der Waals surface area (Å²) in [5.41, 5.74) is 0.980. The second kappa shape index (κ2) is 5.23. The first-order chi connectivity index (χ1) is 7.38. The van der Waals surface area contributed by atoms with E-state index in [4.69, 9.17) is 5.11 Å². The van der Waals surface area contributed by atoms with Gasteiger partial charge >= 0.3 is 0 Å². The van der Waals surface area contributed by atoms with Crippen molar-refractivity contribution in [2.75, 3.05) is 13.2 Å². The van der Waals surface area contributed by atoms with E-state index < -0.39 is 0 Å². The normalized spacial score (nSPS) is 15.8. The number of aliphatic hydroxyl groups is 1. The predicted octanol–water partition coefficient (Wildman–Crippen LogP) is 0.160. The maximum Gasteiger partial charge on any atom is 0.0964 e. The molecule has 1 aromatic heterocycles. The van der Waals surface area contributed by atoms with Crippen LogP contribution < -0.4 is 5.32 Å². The lowest BCUT2D eigenvalue weighted by Gasteiger charge is -1.98. The second-order valence-corrected chi connectivity index (χ2v) is 4.12. The molecule has 1 fully saturated rings. The van der Waals surface area contributed by atoms with Crippen LogP contribution in [0.1, 0.15) is 25.0 Å². The Kier molecular flexibility index (Phi) is 3.69. The first-order valence-corrected chi connectivity index (χ1v) is 5.59. The van der Waals surface area contributed by atoms with E-state index in [0.717, 1.165) is 37.7 Å². The van der Waals surface area contributed by atoms with Crippen LogP contribution in [-0.2, 0) is 13.1 Å². The van der Waals surface area contributed by atoms with E-state index in [-0.39, 0.29) is 6.61 Å². The van der Waals surface area contributed by atoms with Gasteiger partial charge in [0.1, 0.15) is 0 Å². The fraction of sp³-hybridized carbons (Fsp3) is 0.800. The maximum atomic E-state index is 8.67. The first-order valence-electron chi connectivity index (χ1n) is 5.59. The van der Waals surface area contributed by atoms with Gasteiger partial charge in [-0.3, -0.25) is 4.68 Å². The fourth-order valence-corrected chi connectivity index (χ4v) is 1.49. The SMILES string of the molecule is OCCCn1cc(CNCC2CC2)nn1. The Hall–Kier alpha value is -0.940. The molecule has 0 spiro atoms. The molecule has 0 radical (unpaired) electrons.